The molecule has 1 aromatic carbocycles. The fourth-order valence-electron chi connectivity index (χ4n) is 3.61. The number of benzene rings is 1. The van der Waals surface area contributed by atoms with Gasteiger partial charge in [-0.25, -0.2) is 4.39 Å². The molecule has 1 aliphatic carbocycles. The molecule has 4 rings (SSSR count). The molecule has 1 saturated heterocycles. The summed E-state index contributed by atoms with van der Waals surface area (Å²) >= 11 is 0. The normalized spacial score (nSPS) is 23.0. The maximum atomic E-state index is 15.3. The quantitative estimate of drug-likeness (QED) is 0.787. The van der Waals surface area contributed by atoms with Crippen LogP contribution in [0.15, 0.2) is 42.3 Å². The van der Waals surface area contributed by atoms with Gasteiger partial charge in [-0.1, -0.05) is 18.2 Å². The molecule has 1 aliphatic heterocycles. The van der Waals surface area contributed by atoms with E-state index in [1.807, 2.05) is 58.2 Å². The molecule has 0 radical (unpaired) electrons. The van der Waals surface area contributed by atoms with Crippen molar-refractivity contribution in [1.29, 1.82) is 0 Å². The van der Waals surface area contributed by atoms with Gasteiger partial charge in [0.05, 0.1) is 11.2 Å². The highest BCUT2D eigenvalue weighted by Gasteiger charge is 2.53. The first-order chi connectivity index (χ1) is 11.8. The van der Waals surface area contributed by atoms with Crippen LogP contribution in [0.3, 0.4) is 0 Å². The van der Waals surface area contributed by atoms with E-state index < -0.39 is 18.3 Å². The van der Waals surface area contributed by atoms with Crippen molar-refractivity contribution in [2.75, 3.05) is 0 Å². The van der Waals surface area contributed by atoms with Gasteiger partial charge in [0.1, 0.15) is 5.73 Å². The first kappa shape index (κ1) is 16.6. The number of H-pyrrole nitrogens is 1. The van der Waals surface area contributed by atoms with E-state index in [2.05, 4.69) is 11.1 Å². The Morgan fingerprint density at radius 1 is 1.00 bits per heavy atom. The van der Waals surface area contributed by atoms with Crippen LogP contribution in [0.25, 0.3) is 16.8 Å². The average molecular weight is 339 g/mol. The van der Waals surface area contributed by atoms with Crippen molar-refractivity contribution >= 4 is 12.7 Å². The standard InChI is InChI=1S/C20H23BFNO2/c1-19(2)20(3,4)25-21(24-19)18(22)16-11-10-14-13(16)7-5-8-15(14)17-9-6-12-23-17/h5-9,12,23H,10-11H2,1-4H3. The second kappa shape index (κ2) is 5.58. The predicted molar refractivity (Wildman–Crippen MR) is 98.7 cm³/mol. The minimum atomic E-state index is -0.930. The Morgan fingerprint density at radius 3 is 2.32 bits per heavy atom. The second-order valence-electron chi connectivity index (χ2n) is 7.83. The first-order valence-corrected chi connectivity index (χ1v) is 8.80. The first-order valence-electron chi connectivity index (χ1n) is 8.80. The van der Waals surface area contributed by atoms with E-state index in [4.69, 9.17) is 9.31 Å². The molecule has 5 heteroatoms. The number of rotatable bonds is 2. The zero-order valence-electron chi connectivity index (χ0n) is 15.2. The number of hydrogen-bond acceptors (Lipinski definition) is 2. The molecule has 2 aliphatic rings. The van der Waals surface area contributed by atoms with Crippen molar-refractivity contribution in [2.45, 2.75) is 51.7 Å². The molecule has 0 unspecified atom stereocenters. The van der Waals surface area contributed by atoms with Gasteiger partial charge in [-0.05, 0) is 69.4 Å². The molecule has 0 atom stereocenters. The lowest BCUT2D eigenvalue weighted by Gasteiger charge is -2.32. The van der Waals surface area contributed by atoms with E-state index in [1.165, 1.54) is 5.56 Å². The van der Waals surface area contributed by atoms with Crippen LogP contribution in [-0.4, -0.2) is 23.3 Å². The lowest BCUT2D eigenvalue weighted by Crippen LogP contribution is -2.41. The maximum Gasteiger partial charge on any atom is 0.525 e. The summed E-state index contributed by atoms with van der Waals surface area (Å²) in [7, 11) is -0.930. The van der Waals surface area contributed by atoms with Gasteiger partial charge in [-0.15, -0.1) is 0 Å². The third kappa shape index (κ3) is 2.57. The third-order valence-corrected chi connectivity index (χ3v) is 5.76. The second-order valence-corrected chi connectivity index (χ2v) is 7.83. The van der Waals surface area contributed by atoms with Crippen LogP contribution in [0.5, 0.6) is 0 Å². The van der Waals surface area contributed by atoms with E-state index in [1.54, 1.807) is 0 Å². The van der Waals surface area contributed by atoms with Crippen molar-refractivity contribution in [3.8, 4) is 11.3 Å². The summed E-state index contributed by atoms with van der Waals surface area (Å²) in [6, 6.07) is 10.1. The summed E-state index contributed by atoms with van der Waals surface area (Å²) in [5.74, 6) is 0. The van der Waals surface area contributed by atoms with Crippen LogP contribution >= 0.6 is 0 Å². The van der Waals surface area contributed by atoms with Crippen molar-refractivity contribution < 1.29 is 13.7 Å². The van der Waals surface area contributed by atoms with Crippen LogP contribution in [0, 0.1) is 0 Å². The van der Waals surface area contributed by atoms with Crippen molar-refractivity contribution in [1.82, 2.24) is 4.98 Å². The number of hydrogen-bond donors (Lipinski definition) is 1. The Labute approximate surface area is 148 Å². The molecular formula is C20H23BFNO2. The zero-order chi connectivity index (χ0) is 17.8. The fraction of sp³-hybridized carbons (Fsp3) is 0.400. The molecule has 130 valence electrons. The van der Waals surface area contributed by atoms with E-state index in [0.29, 0.717) is 12.0 Å². The molecule has 1 N–H and O–H groups in total. The van der Waals surface area contributed by atoms with Crippen molar-refractivity contribution in [3.63, 3.8) is 0 Å². The van der Waals surface area contributed by atoms with E-state index in [-0.39, 0.29) is 5.73 Å². The number of aromatic nitrogens is 1. The fourth-order valence-corrected chi connectivity index (χ4v) is 3.61. The smallest absolute Gasteiger partial charge is 0.398 e. The maximum absolute atomic E-state index is 15.3. The summed E-state index contributed by atoms with van der Waals surface area (Å²) in [5.41, 5.74) is 3.70. The van der Waals surface area contributed by atoms with Crippen LogP contribution in [0.2, 0.25) is 0 Å². The lowest BCUT2D eigenvalue weighted by atomic mass is 9.83. The predicted octanol–water partition coefficient (Wildman–Crippen LogP) is 4.94. The SMILES string of the molecule is CC1(C)OB(C(F)=C2CCc3c2cccc3-c2ccc[nH]2)OC1(C)C. The molecule has 3 nitrogen and oxygen atoms in total. The van der Waals surface area contributed by atoms with Crippen LogP contribution in [-0.2, 0) is 15.7 Å². The summed E-state index contributed by atoms with van der Waals surface area (Å²) in [6.07, 6.45) is 3.40. The minimum Gasteiger partial charge on any atom is -0.398 e. The number of nitrogens with one attached hydrogen (secondary N) is 1. The number of halogens is 1. The molecule has 1 aromatic heterocycles. The Hall–Kier alpha value is -1.85. The van der Waals surface area contributed by atoms with Gasteiger partial charge < -0.3 is 14.3 Å². The van der Waals surface area contributed by atoms with Gasteiger partial charge in [-0.3, -0.25) is 0 Å². The molecule has 0 bridgehead atoms. The highest BCUT2D eigenvalue weighted by Crippen LogP contribution is 2.44. The molecule has 2 heterocycles. The largest absolute Gasteiger partial charge is 0.525 e. The summed E-state index contributed by atoms with van der Waals surface area (Å²) in [5, 5.41) is 0. The highest BCUT2D eigenvalue weighted by atomic mass is 19.1. The molecule has 1 fully saturated rings. The lowest BCUT2D eigenvalue weighted by molar-refractivity contribution is 0.00578. The van der Waals surface area contributed by atoms with Crippen LogP contribution in [0.4, 0.5) is 4.39 Å². The molecule has 2 aromatic rings. The van der Waals surface area contributed by atoms with Crippen molar-refractivity contribution in [2.24, 2.45) is 0 Å². The van der Waals surface area contributed by atoms with Crippen LogP contribution < -0.4 is 0 Å². The third-order valence-electron chi connectivity index (χ3n) is 5.76. The summed E-state index contributed by atoms with van der Waals surface area (Å²) in [4.78, 5) is 3.24. The molecule has 0 saturated carbocycles. The van der Waals surface area contributed by atoms with Gasteiger partial charge in [-0.2, -0.15) is 0 Å². The number of aromatic amines is 1. The number of allylic oxidation sites excluding steroid dienone is 1. The Balaban J connectivity index is 1.74. The molecular weight excluding hydrogens is 316 g/mol. The highest BCUT2D eigenvalue weighted by molar-refractivity contribution is 6.55. The van der Waals surface area contributed by atoms with Gasteiger partial charge in [0.15, 0.2) is 0 Å². The minimum absolute atomic E-state index is 0.291. The number of fused-ring (bicyclic) bond motifs is 1. The van der Waals surface area contributed by atoms with Gasteiger partial charge in [0, 0.05) is 17.5 Å². The molecule has 25 heavy (non-hydrogen) atoms. The average Bonchev–Trinajstić information content (AvgIpc) is 3.25. The van der Waals surface area contributed by atoms with Crippen LogP contribution in [0.1, 0.15) is 45.2 Å². The summed E-state index contributed by atoms with van der Waals surface area (Å²) in [6.45, 7) is 7.77. The van der Waals surface area contributed by atoms with Gasteiger partial charge in [0.25, 0.3) is 0 Å². The summed E-state index contributed by atoms with van der Waals surface area (Å²) < 4.78 is 27.1. The Morgan fingerprint density at radius 2 is 1.68 bits per heavy atom. The zero-order valence-corrected chi connectivity index (χ0v) is 15.2. The van der Waals surface area contributed by atoms with E-state index in [0.717, 1.165) is 23.2 Å². The van der Waals surface area contributed by atoms with Crippen molar-refractivity contribution in [3.05, 3.63) is 53.4 Å². The van der Waals surface area contributed by atoms with E-state index >= 15 is 4.39 Å². The monoisotopic (exact) mass is 339 g/mol. The Bertz CT molecular complexity index is 823. The van der Waals surface area contributed by atoms with E-state index in [9.17, 15) is 0 Å². The topological polar surface area (TPSA) is 34.2 Å². The molecule has 0 spiro atoms. The van der Waals surface area contributed by atoms with Gasteiger partial charge in [0.2, 0.25) is 0 Å². The Kier molecular flexibility index (Phi) is 3.71. The van der Waals surface area contributed by atoms with Gasteiger partial charge >= 0.3 is 7.12 Å². The molecule has 0 amide bonds.